The third-order valence-corrected chi connectivity index (χ3v) is 3.79. The van der Waals surface area contributed by atoms with Crippen molar-refractivity contribution in [2.24, 2.45) is 0 Å². The Labute approximate surface area is 97.2 Å². The van der Waals surface area contributed by atoms with Gasteiger partial charge in [0.15, 0.2) is 0 Å². The van der Waals surface area contributed by atoms with Gasteiger partial charge in [-0.2, -0.15) is 0 Å². The minimum Gasteiger partial charge on any atom is -0.772 e. The van der Waals surface area contributed by atoms with Crippen molar-refractivity contribution in [3.05, 3.63) is 18.0 Å². The van der Waals surface area contributed by atoms with Crippen molar-refractivity contribution < 1.29 is 8.76 Å². The van der Waals surface area contributed by atoms with Crippen molar-refractivity contribution in [2.75, 3.05) is 18.0 Å². The summed E-state index contributed by atoms with van der Waals surface area (Å²) in [4.78, 5) is 10.6. The molecule has 0 aliphatic carbocycles. The molecule has 2 rings (SSSR count). The lowest BCUT2D eigenvalue weighted by molar-refractivity contribution is 0.489. The van der Waals surface area contributed by atoms with E-state index in [0.29, 0.717) is 31.9 Å². The van der Waals surface area contributed by atoms with Crippen molar-refractivity contribution in [2.45, 2.75) is 25.0 Å². The SMILES string of the molecule is Cc1ccnc(N2CCC(S(=O)[O-])CC2)n1. The predicted molar refractivity (Wildman–Crippen MR) is 60.9 cm³/mol. The van der Waals surface area contributed by atoms with Gasteiger partial charge in [0, 0.05) is 30.2 Å². The summed E-state index contributed by atoms with van der Waals surface area (Å²) in [5.74, 6) is 0.704. The van der Waals surface area contributed by atoms with Crippen LogP contribution in [0.2, 0.25) is 0 Å². The lowest BCUT2D eigenvalue weighted by Crippen LogP contribution is -2.38. The Morgan fingerprint density at radius 3 is 2.75 bits per heavy atom. The van der Waals surface area contributed by atoms with Gasteiger partial charge in [-0.15, -0.1) is 0 Å². The normalized spacial score (nSPS) is 19.8. The summed E-state index contributed by atoms with van der Waals surface area (Å²) in [6, 6.07) is 1.85. The van der Waals surface area contributed by atoms with Crippen LogP contribution in [0.4, 0.5) is 5.95 Å². The molecule has 16 heavy (non-hydrogen) atoms. The first-order chi connectivity index (χ1) is 7.66. The maximum Gasteiger partial charge on any atom is 0.225 e. The molecule has 0 bridgehead atoms. The molecule has 1 atom stereocenters. The van der Waals surface area contributed by atoms with Crippen LogP contribution in [0, 0.1) is 6.92 Å². The molecule has 5 nitrogen and oxygen atoms in total. The van der Waals surface area contributed by atoms with Crippen molar-refractivity contribution in [1.29, 1.82) is 0 Å². The molecule has 0 radical (unpaired) electrons. The van der Waals surface area contributed by atoms with Crippen LogP contribution in [-0.4, -0.2) is 37.1 Å². The van der Waals surface area contributed by atoms with Gasteiger partial charge in [0.25, 0.3) is 0 Å². The van der Waals surface area contributed by atoms with Gasteiger partial charge in [0.1, 0.15) is 0 Å². The molecule has 0 spiro atoms. The fourth-order valence-corrected chi connectivity index (χ4v) is 2.43. The van der Waals surface area contributed by atoms with E-state index in [1.54, 1.807) is 6.20 Å². The summed E-state index contributed by atoms with van der Waals surface area (Å²) in [6.07, 6.45) is 3.05. The number of hydrogen-bond donors (Lipinski definition) is 0. The van der Waals surface area contributed by atoms with E-state index in [9.17, 15) is 8.76 Å². The lowest BCUT2D eigenvalue weighted by Gasteiger charge is -2.32. The number of hydrogen-bond acceptors (Lipinski definition) is 5. The number of piperidine rings is 1. The third kappa shape index (κ3) is 2.56. The van der Waals surface area contributed by atoms with Crippen LogP contribution >= 0.6 is 0 Å². The second kappa shape index (κ2) is 4.88. The summed E-state index contributed by atoms with van der Waals surface area (Å²) in [5, 5.41) is -0.207. The molecule has 1 aromatic heterocycles. The summed E-state index contributed by atoms with van der Waals surface area (Å²) < 4.78 is 21.6. The van der Waals surface area contributed by atoms with Crippen LogP contribution in [0.15, 0.2) is 12.3 Å². The summed E-state index contributed by atoms with van der Waals surface area (Å²) in [6.45, 7) is 3.34. The quantitative estimate of drug-likeness (QED) is 0.709. The zero-order chi connectivity index (χ0) is 11.5. The highest BCUT2D eigenvalue weighted by Crippen LogP contribution is 2.18. The molecular formula is C10H14N3O2S-. The Bertz CT molecular complexity index is 391. The van der Waals surface area contributed by atoms with E-state index >= 15 is 0 Å². The maximum absolute atomic E-state index is 10.8. The molecule has 0 saturated carbocycles. The van der Waals surface area contributed by atoms with Gasteiger partial charge in [0.05, 0.1) is 0 Å². The molecule has 1 saturated heterocycles. The highest BCUT2D eigenvalue weighted by Gasteiger charge is 2.21. The van der Waals surface area contributed by atoms with Crippen LogP contribution in [0.25, 0.3) is 0 Å². The zero-order valence-electron chi connectivity index (χ0n) is 9.13. The number of aryl methyl sites for hydroxylation is 1. The van der Waals surface area contributed by atoms with E-state index < -0.39 is 11.1 Å². The fraction of sp³-hybridized carbons (Fsp3) is 0.600. The van der Waals surface area contributed by atoms with Gasteiger partial charge in [-0.3, -0.25) is 4.21 Å². The molecule has 1 aliphatic heterocycles. The van der Waals surface area contributed by atoms with Gasteiger partial charge >= 0.3 is 0 Å². The van der Waals surface area contributed by atoms with Gasteiger partial charge in [-0.25, -0.2) is 9.97 Å². The van der Waals surface area contributed by atoms with Crippen LogP contribution in [0.1, 0.15) is 18.5 Å². The Morgan fingerprint density at radius 1 is 1.50 bits per heavy atom. The molecule has 1 aromatic rings. The molecule has 0 amide bonds. The Hall–Kier alpha value is -1.01. The number of aromatic nitrogens is 2. The minimum atomic E-state index is -1.95. The minimum absolute atomic E-state index is 0.207. The Morgan fingerprint density at radius 2 is 2.19 bits per heavy atom. The smallest absolute Gasteiger partial charge is 0.225 e. The van der Waals surface area contributed by atoms with E-state index in [1.165, 1.54) is 0 Å². The van der Waals surface area contributed by atoms with Gasteiger partial charge in [0.2, 0.25) is 5.95 Å². The van der Waals surface area contributed by atoms with Gasteiger partial charge in [-0.05, 0) is 25.8 Å². The number of nitrogens with zero attached hydrogens (tertiary/aromatic N) is 3. The van der Waals surface area contributed by atoms with E-state index in [4.69, 9.17) is 0 Å². The highest BCUT2D eigenvalue weighted by atomic mass is 32.2. The highest BCUT2D eigenvalue weighted by molar-refractivity contribution is 7.79. The second-order valence-electron chi connectivity index (χ2n) is 3.94. The first kappa shape index (κ1) is 11.5. The van der Waals surface area contributed by atoms with Gasteiger partial charge in [-0.1, -0.05) is 11.1 Å². The first-order valence-corrected chi connectivity index (χ1v) is 6.43. The van der Waals surface area contributed by atoms with Crippen LogP contribution in [0.5, 0.6) is 0 Å². The van der Waals surface area contributed by atoms with Crippen molar-refractivity contribution in [3.8, 4) is 0 Å². The van der Waals surface area contributed by atoms with Crippen molar-refractivity contribution in [3.63, 3.8) is 0 Å². The average molecular weight is 240 g/mol. The Kier molecular flexibility index (Phi) is 3.50. The largest absolute Gasteiger partial charge is 0.772 e. The maximum atomic E-state index is 10.8. The standard InChI is InChI=1S/C10H15N3O2S/c1-8-2-5-11-10(12-8)13-6-3-9(4-7-13)16(14)15/h2,5,9H,3-4,6-7H2,1H3,(H,14,15)/p-1. The molecule has 2 heterocycles. The Balaban J connectivity index is 2.01. The van der Waals surface area contributed by atoms with Crippen LogP contribution < -0.4 is 4.90 Å². The fourth-order valence-electron chi connectivity index (χ4n) is 1.84. The van der Waals surface area contributed by atoms with E-state index in [-0.39, 0.29) is 5.25 Å². The second-order valence-corrected chi connectivity index (χ2v) is 5.13. The summed E-state index contributed by atoms with van der Waals surface area (Å²) in [5.41, 5.74) is 0.930. The van der Waals surface area contributed by atoms with E-state index in [2.05, 4.69) is 9.97 Å². The van der Waals surface area contributed by atoms with Crippen LogP contribution in [0.3, 0.4) is 0 Å². The molecule has 0 aromatic carbocycles. The van der Waals surface area contributed by atoms with Crippen molar-refractivity contribution >= 4 is 17.0 Å². The van der Waals surface area contributed by atoms with Gasteiger partial charge < -0.3 is 9.45 Å². The lowest BCUT2D eigenvalue weighted by atomic mass is 10.1. The van der Waals surface area contributed by atoms with Crippen molar-refractivity contribution in [1.82, 2.24) is 9.97 Å². The monoisotopic (exact) mass is 240 g/mol. The van der Waals surface area contributed by atoms with E-state index in [0.717, 1.165) is 5.69 Å². The summed E-state index contributed by atoms with van der Waals surface area (Å²) in [7, 11) is 0. The topological polar surface area (TPSA) is 69.2 Å². The number of anilines is 1. The molecule has 1 aliphatic rings. The first-order valence-electron chi connectivity index (χ1n) is 5.29. The predicted octanol–water partition coefficient (Wildman–Crippen LogP) is 0.633. The zero-order valence-corrected chi connectivity index (χ0v) is 9.94. The molecule has 0 N–H and O–H groups in total. The van der Waals surface area contributed by atoms with E-state index in [1.807, 2.05) is 17.9 Å². The average Bonchev–Trinajstić information content (AvgIpc) is 2.29. The molecule has 88 valence electrons. The van der Waals surface area contributed by atoms with Crippen LogP contribution in [-0.2, 0) is 11.1 Å². The third-order valence-electron chi connectivity index (χ3n) is 2.78. The summed E-state index contributed by atoms with van der Waals surface area (Å²) >= 11 is -1.95. The molecule has 1 fully saturated rings. The molecular weight excluding hydrogens is 226 g/mol. The molecule has 1 unspecified atom stereocenters. The number of rotatable bonds is 2. The molecule has 6 heteroatoms.